The van der Waals surface area contributed by atoms with Crippen LogP contribution in [-0.4, -0.2) is 37.6 Å². The molecule has 2 nitrogen and oxygen atoms in total. The van der Waals surface area contributed by atoms with Crippen molar-refractivity contribution in [3.63, 3.8) is 0 Å². The molecule has 0 spiro atoms. The van der Waals surface area contributed by atoms with Gasteiger partial charge in [-0.1, -0.05) is 12.8 Å². The van der Waals surface area contributed by atoms with Gasteiger partial charge < -0.3 is 10.2 Å². The molecule has 2 heteroatoms. The van der Waals surface area contributed by atoms with E-state index in [1.807, 2.05) is 0 Å². The van der Waals surface area contributed by atoms with E-state index in [4.69, 9.17) is 0 Å². The van der Waals surface area contributed by atoms with Crippen LogP contribution in [0.1, 0.15) is 38.5 Å². The number of nitrogens with one attached hydrogen (secondary N) is 1. The lowest BCUT2D eigenvalue weighted by molar-refractivity contribution is 0.184. The van der Waals surface area contributed by atoms with Gasteiger partial charge in [0, 0.05) is 19.1 Å². The standard InChI is InChI=1S/C12H24N2/c1-14(9-11-5-4-6-11)10-12-7-2-3-8-13-12/h11-13H,2-10H2,1H3. The van der Waals surface area contributed by atoms with E-state index < -0.39 is 0 Å². The van der Waals surface area contributed by atoms with Crippen molar-refractivity contribution < 1.29 is 0 Å². The number of hydrogen-bond acceptors (Lipinski definition) is 2. The Hall–Kier alpha value is -0.0800. The van der Waals surface area contributed by atoms with E-state index in [-0.39, 0.29) is 0 Å². The third kappa shape index (κ3) is 2.96. The summed E-state index contributed by atoms with van der Waals surface area (Å²) in [6.07, 6.45) is 8.61. The van der Waals surface area contributed by atoms with Gasteiger partial charge >= 0.3 is 0 Å². The van der Waals surface area contributed by atoms with Crippen molar-refractivity contribution in [2.75, 3.05) is 26.7 Å². The molecule has 0 aromatic carbocycles. The Morgan fingerprint density at radius 1 is 1.07 bits per heavy atom. The minimum atomic E-state index is 0.772. The average Bonchev–Trinajstić information content (AvgIpc) is 2.13. The summed E-state index contributed by atoms with van der Waals surface area (Å²) >= 11 is 0. The highest BCUT2D eigenvalue weighted by molar-refractivity contribution is 4.78. The van der Waals surface area contributed by atoms with Crippen LogP contribution in [0.3, 0.4) is 0 Å². The molecule has 1 aliphatic heterocycles. The van der Waals surface area contributed by atoms with Gasteiger partial charge in [-0.05, 0) is 45.2 Å². The Bertz CT molecular complexity index is 160. The van der Waals surface area contributed by atoms with Gasteiger partial charge in [0.2, 0.25) is 0 Å². The van der Waals surface area contributed by atoms with Gasteiger partial charge in [0.25, 0.3) is 0 Å². The lowest BCUT2D eigenvalue weighted by atomic mass is 9.85. The summed E-state index contributed by atoms with van der Waals surface area (Å²) in [6.45, 7) is 3.83. The van der Waals surface area contributed by atoms with E-state index in [9.17, 15) is 0 Å². The van der Waals surface area contributed by atoms with Gasteiger partial charge in [-0.3, -0.25) is 0 Å². The van der Waals surface area contributed by atoms with Crippen LogP contribution >= 0.6 is 0 Å². The van der Waals surface area contributed by atoms with Crippen LogP contribution in [0, 0.1) is 5.92 Å². The molecule has 0 amide bonds. The zero-order valence-corrected chi connectivity index (χ0v) is 9.47. The SMILES string of the molecule is CN(CC1CCC1)CC1CCCCN1. The second kappa shape index (κ2) is 5.13. The van der Waals surface area contributed by atoms with E-state index in [0.717, 1.165) is 12.0 Å². The van der Waals surface area contributed by atoms with Gasteiger partial charge in [0.15, 0.2) is 0 Å². The summed E-state index contributed by atoms with van der Waals surface area (Å²) in [5.41, 5.74) is 0. The van der Waals surface area contributed by atoms with Gasteiger partial charge in [-0.25, -0.2) is 0 Å². The highest BCUT2D eigenvalue weighted by Crippen LogP contribution is 2.26. The monoisotopic (exact) mass is 196 g/mol. The molecule has 0 bridgehead atoms. The van der Waals surface area contributed by atoms with Crippen molar-refractivity contribution in [2.24, 2.45) is 5.92 Å². The molecule has 2 aliphatic rings. The molecule has 2 rings (SSSR count). The number of likely N-dealkylation sites (N-methyl/N-ethyl adjacent to an activating group) is 1. The Kier molecular flexibility index (Phi) is 3.82. The number of nitrogens with zero attached hydrogens (tertiary/aromatic N) is 1. The maximum atomic E-state index is 3.62. The van der Waals surface area contributed by atoms with Crippen molar-refractivity contribution in [1.29, 1.82) is 0 Å². The second-order valence-electron chi connectivity index (χ2n) is 5.16. The van der Waals surface area contributed by atoms with Gasteiger partial charge in [-0.15, -0.1) is 0 Å². The van der Waals surface area contributed by atoms with Gasteiger partial charge in [0.1, 0.15) is 0 Å². The van der Waals surface area contributed by atoms with Crippen LogP contribution in [0.2, 0.25) is 0 Å². The fourth-order valence-corrected chi connectivity index (χ4v) is 2.65. The first kappa shape index (κ1) is 10.4. The van der Waals surface area contributed by atoms with Crippen LogP contribution in [-0.2, 0) is 0 Å². The highest BCUT2D eigenvalue weighted by Gasteiger charge is 2.21. The highest BCUT2D eigenvalue weighted by atomic mass is 15.1. The predicted molar refractivity (Wildman–Crippen MR) is 60.5 cm³/mol. The summed E-state index contributed by atoms with van der Waals surface area (Å²) < 4.78 is 0. The topological polar surface area (TPSA) is 15.3 Å². The molecule has 1 aliphatic carbocycles. The largest absolute Gasteiger partial charge is 0.313 e. The number of hydrogen-bond donors (Lipinski definition) is 1. The van der Waals surface area contributed by atoms with Gasteiger partial charge in [-0.2, -0.15) is 0 Å². The molecule has 1 unspecified atom stereocenters. The number of piperidine rings is 1. The third-order valence-corrected chi connectivity index (χ3v) is 3.74. The van der Waals surface area contributed by atoms with Crippen molar-refractivity contribution in [3.05, 3.63) is 0 Å². The molecule has 1 heterocycles. The molecule has 2 fully saturated rings. The van der Waals surface area contributed by atoms with Crippen LogP contribution < -0.4 is 5.32 Å². The molecule has 1 atom stereocenters. The Balaban J connectivity index is 1.62. The second-order valence-corrected chi connectivity index (χ2v) is 5.16. The first-order valence-corrected chi connectivity index (χ1v) is 6.26. The Labute approximate surface area is 88.1 Å². The van der Waals surface area contributed by atoms with E-state index in [1.165, 1.54) is 58.2 Å². The van der Waals surface area contributed by atoms with Crippen LogP contribution in [0.4, 0.5) is 0 Å². The fraction of sp³-hybridized carbons (Fsp3) is 1.00. The molecule has 0 aromatic heterocycles. The molecule has 0 aromatic rings. The van der Waals surface area contributed by atoms with E-state index in [0.29, 0.717) is 0 Å². The Morgan fingerprint density at radius 2 is 1.93 bits per heavy atom. The molecule has 1 saturated heterocycles. The molecule has 14 heavy (non-hydrogen) atoms. The van der Waals surface area contributed by atoms with Crippen molar-refractivity contribution in [2.45, 2.75) is 44.6 Å². The van der Waals surface area contributed by atoms with Crippen molar-refractivity contribution >= 4 is 0 Å². The van der Waals surface area contributed by atoms with Crippen molar-refractivity contribution in [3.8, 4) is 0 Å². The van der Waals surface area contributed by atoms with Crippen molar-refractivity contribution in [1.82, 2.24) is 10.2 Å². The zero-order valence-electron chi connectivity index (χ0n) is 9.47. The van der Waals surface area contributed by atoms with E-state index >= 15 is 0 Å². The molecule has 1 saturated carbocycles. The molecule has 1 N–H and O–H groups in total. The smallest absolute Gasteiger partial charge is 0.0194 e. The summed E-state index contributed by atoms with van der Waals surface area (Å²) in [5.74, 6) is 1.02. The van der Waals surface area contributed by atoms with E-state index in [1.54, 1.807) is 0 Å². The van der Waals surface area contributed by atoms with Crippen LogP contribution in [0.25, 0.3) is 0 Å². The van der Waals surface area contributed by atoms with E-state index in [2.05, 4.69) is 17.3 Å². The minimum absolute atomic E-state index is 0.772. The molecular formula is C12H24N2. The first-order valence-electron chi connectivity index (χ1n) is 6.26. The lowest BCUT2D eigenvalue weighted by Crippen LogP contribution is -2.44. The first-order chi connectivity index (χ1) is 6.84. The summed E-state index contributed by atoms with van der Waals surface area (Å²) in [6, 6.07) is 0.772. The normalized spacial score (nSPS) is 29.1. The van der Waals surface area contributed by atoms with Gasteiger partial charge in [0.05, 0.1) is 0 Å². The van der Waals surface area contributed by atoms with Crippen LogP contribution in [0.5, 0.6) is 0 Å². The molecule has 0 radical (unpaired) electrons. The predicted octanol–water partition coefficient (Wildman–Crippen LogP) is 1.86. The number of rotatable bonds is 4. The average molecular weight is 196 g/mol. The summed E-state index contributed by atoms with van der Waals surface area (Å²) in [4.78, 5) is 2.53. The maximum Gasteiger partial charge on any atom is 0.0194 e. The maximum absolute atomic E-state index is 3.62. The molecular weight excluding hydrogens is 172 g/mol. The minimum Gasteiger partial charge on any atom is -0.313 e. The lowest BCUT2D eigenvalue weighted by Gasteiger charge is -2.33. The fourth-order valence-electron chi connectivity index (χ4n) is 2.65. The quantitative estimate of drug-likeness (QED) is 0.738. The summed E-state index contributed by atoms with van der Waals surface area (Å²) in [7, 11) is 2.29. The van der Waals surface area contributed by atoms with Crippen LogP contribution in [0.15, 0.2) is 0 Å². The Morgan fingerprint density at radius 3 is 2.50 bits per heavy atom. The third-order valence-electron chi connectivity index (χ3n) is 3.74. The zero-order chi connectivity index (χ0) is 9.80. The summed E-state index contributed by atoms with van der Waals surface area (Å²) in [5, 5.41) is 3.62. The molecule has 82 valence electrons.